The summed E-state index contributed by atoms with van der Waals surface area (Å²) in [5, 5.41) is 2.93. The van der Waals surface area contributed by atoms with Crippen LogP contribution in [0, 0.1) is 11.3 Å². The lowest BCUT2D eigenvalue weighted by Crippen LogP contribution is -2.46. The van der Waals surface area contributed by atoms with Gasteiger partial charge < -0.3 is 20.0 Å². The quantitative estimate of drug-likeness (QED) is 0.866. The third-order valence-corrected chi connectivity index (χ3v) is 5.60. The van der Waals surface area contributed by atoms with Crippen molar-refractivity contribution in [3.63, 3.8) is 0 Å². The van der Waals surface area contributed by atoms with E-state index in [1.54, 1.807) is 4.90 Å². The zero-order valence-electron chi connectivity index (χ0n) is 17.0. The van der Waals surface area contributed by atoms with Crippen LogP contribution < -0.4 is 5.32 Å². The van der Waals surface area contributed by atoms with E-state index in [1.165, 1.54) is 0 Å². The Labute approximate surface area is 166 Å². The molecule has 2 aliphatic rings. The van der Waals surface area contributed by atoms with Crippen LogP contribution in [0.2, 0.25) is 0 Å². The molecule has 1 spiro atoms. The molecule has 3 rings (SSSR count). The molecule has 0 unspecified atom stereocenters. The lowest BCUT2D eigenvalue weighted by atomic mass is 9.85. The van der Waals surface area contributed by atoms with Crippen molar-refractivity contribution in [3.05, 3.63) is 30.3 Å². The molecule has 1 N–H and O–H groups in total. The van der Waals surface area contributed by atoms with Gasteiger partial charge in [0.05, 0.1) is 0 Å². The lowest BCUT2D eigenvalue weighted by Gasteiger charge is -2.34. The van der Waals surface area contributed by atoms with Crippen LogP contribution in [0.1, 0.15) is 27.2 Å². The normalized spacial score (nSPS) is 22.7. The minimum Gasteiger partial charge on any atom is -0.342 e. The van der Waals surface area contributed by atoms with E-state index in [0.717, 1.165) is 5.69 Å². The number of nitrogens with zero attached hydrogens (tertiary/aromatic N) is 3. The van der Waals surface area contributed by atoms with E-state index in [4.69, 9.17) is 0 Å². The standard InChI is InChI=1S/C21H30N4O3/c1-4-23-13-21(12-18(23)26)14-24(19(27)16(2)3)10-11-25(15-21)20(28)22-17-8-6-5-7-9-17/h5-9,16H,4,10-15H2,1-3H3,(H,22,28)/t21-/m1/s1. The zero-order chi connectivity index (χ0) is 20.3. The number of urea groups is 1. The first-order valence-corrected chi connectivity index (χ1v) is 10.0. The van der Waals surface area contributed by atoms with Gasteiger partial charge in [-0.2, -0.15) is 0 Å². The molecule has 0 radical (unpaired) electrons. The smallest absolute Gasteiger partial charge is 0.321 e. The Bertz CT molecular complexity index is 736. The highest BCUT2D eigenvalue weighted by molar-refractivity contribution is 5.89. The highest BCUT2D eigenvalue weighted by atomic mass is 16.2. The van der Waals surface area contributed by atoms with Crippen molar-refractivity contribution in [2.75, 3.05) is 44.6 Å². The molecule has 4 amide bonds. The summed E-state index contributed by atoms with van der Waals surface area (Å²) in [6.07, 6.45) is 0.373. The van der Waals surface area contributed by atoms with Crippen molar-refractivity contribution in [1.29, 1.82) is 0 Å². The molecule has 1 aromatic rings. The molecule has 28 heavy (non-hydrogen) atoms. The predicted molar refractivity (Wildman–Crippen MR) is 108 cm³/mol. The summed E-state index contributed by atoms with van der Waals surface area (Å²) in [7, 11) is 0. The van der Waals surface area contributed by atoms with Gasteiger partial charge in [0.2, 0.25) is 11.8 Å². The molecule has 2 heterocycles. The molecule has 0 aliphatic carbocycles. The first-order chi connectivity index (χ1) is 13.3. The van der Waals surface area contributed by atoms with E-state index in [-0.39, 0.29) is 23.8 Å². The molecule has 2 aliphatic heterocycles. The number of hydrogen-bond donors (Lipinski definition) is 1. The van der Waals surface area contributed by atoms with Gasteiger partial charge in [-0.1, -0.05) is 32.0 Å². The van der Waals surface area contributed by atoms with Crippen molar-refractivity contribution >= 4 is 23.5 Å². The molecule has 1 aromatic carbocycles. The largest absolute Gasteiger partial charge is 0.342 e. The Kier molecular flexibility index (Phi) is 5.91. The van der Waals surface area contributed by atoms with E-state index in [9.17, 15) is 14.4 Å². The van der Waals surface area contributed by atoms with Crippen LogP contribution in [0.4, 0.5) is 10.5 Å². The molecule has 2 saturated heterocycles. The van der Waals surface area contributed by atoms with E-state index in [2.05, 4.69) is 5.32 Å². The van der Waals surface area contributed by atoms with Crippen LogP contribution in [0.15, 0.2) is 30.3 Å². The summed E-state index contributed by atoms with van der Waals surface area (Å²) >= 11 is 0. The topological polar surface area (TPSA) is 73.0 Å². The second kappa shape index (κ2) is 8.20. The molecule has 1 atom stereocenters. The Hall–Kier alpha value is -2.57. The van der Waals surface area contributed by atoms with E-state index in [1.807, 2.05) is 60.9 Å². The van der Waals surface area contributed by atoms with Gasteiger partial charge >= 0.3 is 6.03 Å². The van der Waals surface area contributed by atoms with Crippen LogP contribution in [0.5, 0.6) is 0 Å². The summed E-state index contributed by atoms with van der Waals surface area (Å²) < 4.78 is 0. The fraction of sp³-hybridized carbons (Fsp3) is 0.571. The van der Waals surface area contributed by atoms with Crippen LogP contribution in [0.3, 0.4) is 0 Å². The molecule has 0 aromatic heterocycles. The van der Waals surface area contributed by atoms with E-state index >= 15 is 0 Å². The van der Waals surface area contributed by atoms with Crippen molar-refractivity contribution < 1.29 is 14.4 Å². The van der Waals surface area contributed by atoms with Gasteiger partial charge in [0, 0.05) is 62.7 Å². The van der Waals surface area contributed by atoms with E-state index < -0.39 is 5.41 Å². The minimum atomic E-state index is -0.415. The number of para-hydroxylation sites is 1. The number of carbonyl (C=O) groups excluding carboxylic acids is 3. The van der Waals surface area contributed by atoms with Gasteiger partial charge in [-0.25, -0.2) is 4.79 Å². The number of likely N-dealkylation sites (tertiary alicyclic amines) is 1. The van der Waals surface area contributed by atoms with Crippen molar-refractivity contribution in [3.8, 4) is 0 Å². The Morgan fingerprint density at radius 3 is 2.32 bits per heavy atom. The Morgan fingerprint density at radius 1 is 1.07 bits per heavy atom. The summed E-state index contributed by atoms with van der Waals surface area (Å²) in [4.78, 5) is 43.5. The Balaban J connectivity index is 1.82. The first-order valence-electron chi connectivity index (χ1n) is 10.0. The number of amides is 4. The van der Waals surface area contributed by atoms with Crippen LogP contribution in [-0.2, 0) is 9.59 Å². The second-order valence-corrected chi connectivity index (χ2v) is 8.22. The van der Waals surface area contributed by atoms with Gasteiger partial charge in [-0.05, 0) is 19.1 Å². The number of rotatable bonds is 3. The highest BCUT2D eigenvalue weighted by Gasteiger charge is 2.47. The van der Waals surface area contributed by atoms with Crippen LogP contribution in [-0.4, -0.2) is 71.8 Å². The zero-order valence-corrected chi connectivity index (χ0v) is 17.0. The van der Waals surface area contributed by atoms with Crippen LogP contribution >= 0.6 is 0 Å². The second-order valence-electron chi connectivity index (χ2n) is 8.22. The fourth-order valence-corrected chi connectivity index (χ4v) is 4.19. The van der Waals surface area contributed by atoms with Crippen molar-refractivity contribution in [1.82, 2.24) is 14.7 Å². The predicted octanol–water partition coefficient (Wildman–Crippen LogP) is 2.26. The van der Waals surface area contributed by atoms with Gasteiger partial charge in [0.15, 0.2) is 0 Å². The summed E-state index contributed by atoms with van der Waals surface area (Å²) in [5.74, 6) is 0.0676. The van der Waals surface area contributed by atoms with Gasteiger partial charge in [0.25, 0.3) is 0 Å². The van der Waals surface area contributed by atoms with Gasteiger partial charge in [-0.3, -0.25) is 9.59 Å². The minimum absolute atomic E-state index is 0.0760. The summed E-state index contributed by atoms with van der Waals surface area (Å²) in [6, 6.07) is 9.15. The maximum atomic E-state index is 12.9. The molecular formula is C21H30N4O3. The number of nitrogens with one attached hydrogen (secondary N) is 1. The third-order valence-electron chi connectivity index (χ3n) is 5.60. The average molecular weight is 386 g/mol. The molecule has 7 heteroatoms. The van der Waals surface area contributed by atoms with Crippen molar-refractivity contribution in [2.45, 2.75) is 27.2 Å². The van der Waals surface area contributed by atoms with Gasteiger partial charge in [-0.15, -0.1) is 0 Å². The third kappa shape index (κ3) is 4.29. The van der Waals surface area contributed by atoms with Crippen molar-refractivity contribution in [2.24, 2.45) is 11.3 Å². The first kappa shape index (κ1) is 20.2. The Morgan fingerprint density at radius 2 is 1.71 bits per heavy atom. The number of benzene rings is 1. The highest BCUT2D eigenvalue weighted by Crippen LogP contribution is 2.35. The molecular weight excluding hydrogens is 356 g/mol. The maximum Gasteiger partial charge on any atom is 0.321 e. The number of hydrogen-bond acceptors (Lipinski definition) is 3. The lowest BCUT2D eigenvalue weighted by molar-refractivity contribution is -0.135. The molecule has 152 valence electrons. The average Bonchev–Trinajstić information content (AvgIpc) is 2.86. The van der Waals surface area contributed by atoms with E-state index in [0.29, 0.717) is 45.7 Å². The SMILES string of the molecule is CCN1C[C@@]2(CC1=O)CN(C(=O)Nc1ccccc1)CCN(C(=O)C(C)C)C2. The van der Waals surface area contributed by atoms with Gasteiger partial charge in [0.1, 0.15) is 0 Å². The summed E-state index contributed by atoms with van der Waals surface area (Å²) in [6.45, 7) is 8.90. The monoisotopic (exact) mass is 386 g/mol. The summed E-state index contributed by atoms with van der Waals surface area (Å²) in [5.41, 5.74) is 0.320. The maximum absolute atomic E-state index is 12.9. The molecule has 2 fully saturated rings. The fourth-order valence-electron chi connectivity index (χ4n) is 4.19. The number of carbonyl (C=O) groups is 3. The van der Waals surface area contributed by atoms with Crippen LogP contribution in [0.25, 0.3) is 0 Å². The molecule has 7 nitrogen and oxygen atoms in total. The number of anilines is 1. The molecule has 0 bridgehead atoms. The molecule has 0 saturated carbocycles.